The number of nitrogens with zero attached hydrogens (tertiary/aromatic N) is 2. The Hall–Kier alpha value is -3.91. The maximum Gasteiger partial charge on any atom is 0.287 e. The summed E-state index contributed by atoms with van der Waals surface area (Å²) in [5.74, 6) is -0.961. The van der Waals surface area contributed by atoms with Crippen molar-refractivity contribution < 1.29 is 9.59 Å². The van der Waals surface area contributed by atoms with Crippen molar-refractivity contribution in [3.8, 4) is 11.3 Å². The van der Waals surface area contributed by atoms with Gasteiger partial charge < -0.3 is 0 Å². The Balaban J connectivity index is 1.42. The van der Waals surface area contributed by atoms with Crippen molar-refractivity contribution in [3.63, 3.8) is 0 Å². The number of amides is 2. The summed E-state index contributed by atoms with van der Waals surface area (Å²) in [5.41, 5.74) is 6.96. The lowest BCUT2D eigenvalue weighted by molar-refractivity contribution is 0.0842. The van der Waals surface area contributed by atoms with E-state index in [0.717, 1.165) is 10.5 Å². The molecule has 0 aliphatic rings. The monoisotopic (exact) mass is 415 g/mol. The maximum absolute atomic E-state index is 12.6. The van der Waals surface area contributed by atoms with Crippen LogP contribution in [0.2, 0.25) is 0 Å². The molecule has 4 rings (SSSR count). The minimum atomic E-state index is -0.501. The lowest BCUT2D eigenvalue weighted by Crippen LogP contribution is -2.42. The number of nitrogens with one attached hydrogen (secondary N) is 3. The molecule has 0 aliphatic carbocycles. The number of carbonyl (C=O) groups excluding carboxylic acids is 2. The molecule has 2 amide bonds. The van der Waals surface area contributed by atoms with Crippen molar-refractivity contribution in [3.05, 3.63) is 96.3 Å². The minimum Gasteiger partial charge on any atom is -0.272 e. The van der Waals surface area contributed by atoms with Crippen molar-refractivity contribution in [1.82, 2.24) is 26.0 Å². The van der Waals surface area contributed by atoms with E-state index in [1.165, 1.54) is 11.8 Å². The lowest BCUT2D eigenvalue weighted by atomic mass is 10.1. The van der Waals surface area contributed by atoms with Crippen LogP contribution in [0, 0.1) is 0 Å². The van der Waals surface area contributed by atoms with E-state index in [4.69, 9.17) is 0 Å². The summed E-state index contributed by atoms with van der Waals surface area (Å²) in [4.78, 5) is 30.2. The van der Waals surface area contributed by atoms with Crippen LogP contribution in [0.15, 0.2) is 95.0 Å². The first-order valence-corrected chi connectivity index (χ1v) is 9.92. The van der Waals surface area contributed by atoms with Gasteiger partial charge in [0.25, 0.3) is 11.8 Å². The molecule has 2 aromatic carbocycles. The molecular formula is C22H17N5O2S. The van der Waals surface area contributed by atoms with Gasteiger partial charge in [0, 0.05) is 16.7 Å². The molecule has 2 aromatic heterocycles. The van der Waals surface area contributed by atoms with Gasteiger partial charge >= 0.3 is 0 Å². The number of hydrogen-bond acceptors (Lipinski definition) is 5. The zero-order chi connectivity index (χ0) is 20.8. The summed E-state index contributed by atoms with van der Waals surface area (Å²) >= 11 is 1.37. The average Bonchev–Trinajstić information content (AvgIpc) is 3.29. The number of rotatable bonds is 5. The van der Waals surface area contributed by atoms with E-state index in [0.29, 0.717) is 16.3 Å². The third-order valence-electron chi connectivity index (χ3n) is 4.16. The Morgan fingerprint density at radius 1 is 0.833 bits per heavy atom. The van der Waals surface area contributed by atoms with Gasteiger partial charge in [-0.25, -0.2) is 4.98 Å². The van der Waals surface area contributed by atoms with Gasteiger partial charge in [-0.2, -0.15) is 5.10 Å². The normalized spacial score (nSPS) is 10.4. The van der Waals surface area contributed by atoms with Crippen LogP contribution in [-0.4, -0.2) is 27.0 Å². The van der Waals surface area contributed by atoms with Crippen molar-refractivity contribution in [1.29, 1.82) is 0 Å². The molecule has 0 spiro atoms. The molecule has 7 nitrogen and oxygen atoms in total. The fourth-order valence-electron chi connectivity index (χ4n) is 2.69. The number of hydrazine groups is 1. The fourth-order valence-corrected chi connectivity index (χ4v) is 3.59. The Labute approximate surface area is 176 Å². The van der Waals surface area contributed by atoms with E-state index in [1.54, 1.807) is 24.4 Å². The lowest BCUT2D eigenvalue weighted by Gasteiger charge is -2.09. The Morgan fingerprint density at radius 3 is 2.30 bits per heavy atom. The molecule has 0 saturated carbocycles. The second-order valence-electron chi connectivity index (χ2n) is 6.21. The van der Waals surface area contributed by atoms with Gasteiger partial charge in [0.2, 0.25) is 0 Å². The standard InChI is InChI=1S/C22H17N5O2S/c28-20(17-12-7-13-23-22(17)30-16-10-5-2-6-11-16)26-27-21(29)19-14-18(24-25-19)15-8-3-1-4-9-15/h1-14H,(H,24,25)(H,26,28)(H,27,29). The maximum atomic E-state index is 12.6. The smallest absolute Gasteiger partial charge is 0.272 e. The molecule has 3 N–H and O–H groups in total. The van der Waals surface area contributed by atoms with E-state index >= 15 is 0 Å². The van der Waals surface area contributed by atoms with Crippen LogP contribution in [-0.2, 0) is 0 Å². The second kappa shape index (κ2) is 9.06. The van der Waals surface area contributed by atoms with Gasteiger partial charge in [-0.15, -0.1) is 0 Å². The van der Waals surface area contributed by atoms with Crippen molar-refractivity contribution >= 4 is 23.6 Å². The number of pyridine rings is 1. The highest BCUT2D eigenvalue weighted by atomic mass is 32.2. The Bertz CT molecular complexity index is 1160. The number of hydrogen-bond donors (Lipinski definition) is 3. The van der Waals surface area contributed by atoms with Gasteiger partial charge in [-0.3, -0.25) is 25.5 Å². The van der Waals surface area contributed by atoms with Crippen LogP contribution in [0.5, 0.6) is 0 Å². The first-order valence-electron chi connectivity index (χ1n) is 9.10. The Morgan fingerprint density at radius 2 is 1.53 bits per heavy atom. The van der Waals surface area contributed by atoms with E-state index in [9.17, 15) is 9.59 Å². The molecule has 0 fully saturated rings. The second-order valence-corrected chi connectivity index (χ2v) is 7.27. The number of benzene rings is 2. The highest BCUT2D eigenvalue weighted by molar-refractivity contribution is 7.99. The summed E-state index contributed by atoms with van der Waals surface area (Å²) in [6.07, 6.45) is 1.62. The highest BCUT2D eigenvalue weighted by Gasteiger charge is 2.16. The van der Waals surface area contributed by atoms with E-state index in [1.807, 2.05) is 60.7 Å². The van der Waals surface area contributed by atoms with Crippen molar-refractivity contribution in [2.75, 3.05) is 0 Å². The van der Waals surface area contributed by atoms with Crippen LogP contribution in [0.4, 0.5) is 0 Å². The van der Waals surface area contributed by atoms with E-state index in [-0.39, 0.29) is 5.69 Å². The van der Waals surface area contributed by atoms with Gasteiger partial charge in [0.15, 0.2) is 0 Å². The third kappa shape index (κ3) is 4.56. The molecule has 0 bridgehead atoms. The van der Waals surface area contributed by atoms with Crippen LogP contribution in [0.25, 0.3) is 11.3 Å². The van der Waals surface area contributed by atoms with E-state index in [2.05, 4.69) is 26.0 Å². The minimum absolute atomic E-state index is 0.235. The van der Waals surface area contributed by atoms with Gasteiger partial charge in [-0.05, 0) is 30.3 Å². The summed E-state index contributed by atoms with van der Waals surface area (Å²) in [5, 5.41) is 7.37. The molecule has 4 aromatic rings. The SMILES string of the molecule is O=C(NNC(=O)c1cccnc1Sc1ccccc1)c1cc(-c2ccccc2)n[nH]1. The fraction of sp³-hybridized carbons (Fsp3) is 0. The third-order valence-corrected chi connectivity index (χ3v) is 5.18. The summed E-state index contributed by atoms with van der Waals surface area (Å²) in [7, 11) is 0. The average molecular weight is 415 g/mol. The zero-order valence-corrected chi connectivity index (χ0v) is 16.5. The van der Waals surface area contributed by atoms with Crippen LogP contribution < -0.4 is 10.9 Å². The summed E-state index contributed by atoms with van der Waals surface area (Å²) < 4.78 is 0. The topological polar surface area (TPSA) is 99.8 Å². The van der Waals surface area contributed by atoms with Crippen LogP contribution in [0.3, 0.4) is 0 Å². The molecule has 8 heteroatoms. The van der Waals surface area contributed by atoms with Gasteiger partial charge in [0.05, 0.1) is 11.3 Å². The van der Waals surface area contributed by atoms with Crippen molar-refractivity contribution in [2.45, 2.75) is 9.92 Å². The summed E-state index contributed by atoms with van der Waals surface area (Å²) in [6, 6.07) is 24.1. The van der Waals surface area contributed by atoms with Gasteiger partial charge in [-0.1, -0.05) is 60.3 Å². The quantitative estimate of drug-likeness (QED) is 0.432. The molecule has 0 radical (unpaired) electrons. The number of H-pyrrole nitrogens is 1. The van der Waals surface area contributed by atoms with E-state index < -0.39 is 11.8 Å². The molecule has 30 heavy (non-hydrogen) atoms. The van der Waals surface area contributed by atoms with Crippen LogP contribution >= 0.6 is 11.8 Å². The number of aromatic nitrogens is 3. The molecular weight excluding hydrogens is 398 g/mol. The number of carbonyl (C=O) groups is 2. The van der Waals surface area contributed by atoms with Crippen molar-refractivity contribution in [2.24, 2.45) is 0 Å². The predicted molar refractivity (Wildman–Crippen MR) is 114 cm³/mol. The molecule has 0 saturated heterocycles. The predicted octanol–water partition coefficient (Wildman–Crippen LogP) is 3.70. The highest BCUT2D eigenvalue weighted by Crippen LogP contribution is 2.28. The first-order chi connectivity index (χ1) is 14.7. The largest absolute Gasteiger partial charge is 0.287 e. The molecule has 2 heterocycles. The zero-order valence-electron chi connectivity index (χ0n) is 15.7. The molecule has 0 aliphatic heterocycles. The molecule has 0 atom stereocenters. The number of aromatic amines is 1. The van der Waals surface area contributed by atoms with Gasteiger partial charge in [0.1, 0.15) is 10.7 Å². The molecule has 148 valence electrons. The van der Waals surface area contributed by atoms with Crippen LogP contribution in [0.1, 0.15) is 20.8 Å². The first kappa shape index (κ1) is 19.4. The molecule has 0 unspecified atom stereocenters. The summed E-state index contributed by atoms with van der Waals surface area (Å²) in [6.45, 7) is 0. The Kier molecular flexibility index (Phi) is 5.86.